The monoisotopic (exact) mass is 591 g/mol. The smallest absolute Gasteiger partial charge is 0.444 e. The number of amides is 1. The highest BCUT2D eigenvalue weighted by Crippen LogP contribution is 2.39. The molecule has 0 spiro atoms. The minimum absolute atomic E-state index is 0.102. The van der Waals surface area contributed by atoms with Gasteiger partial charge in [-0.3, -0.25) is 4.90 Å². The van der Waals surface area contributed by atoms with Crippen molar-refractivity contribution in [1.82, 2.24) is 14.9 Å². The average molecular weight is 592 g/mol. The van der Waals surface area contributed by atoms with Gasteiger partial charge in [0.1, 0.15) is 11.4 Å². The first-order chi connectivity index (χ1) is 20.8. The normalized spacial score (nSPS) is 20.6. The first-order valence-electron chi connectivity index (χ1n) is 15.9. The van der Waals surface area contributed by atoms with E-state index in [-0.39, 0.29) is 30.5 Å². The molecule has 4 aromatic rings. The fraction of sp³-hybridized carbons (Fsp3) is 0.444. The molecule has 3 aliphatic rings. The van der Waals surface area contributed by atoms with Crippen LogP contribution in [0.4, 0.5) is 4.79 Å². The molecule has 1 aliphatic carbocycles. The summed E-state index contributed by atoms with van der Waals surface area (Å²) >= 11 is 0. The van der Waals surface area contributed by atoms with E-state index < -0.39 is 5.60 Å². The summed E-state index contributed by atoms with van der Waals surface area (Å²) in [6.07, 6.45) is 3.50. The van der Waals surface area contributed by atoms with Gasteiger partial charge in [-0.15, -0.1) is 0 Å². The summed E-state index contributed by atoms with van der Waals surface area (Å²) < 4.78 is 18.3. The van der Waals surface area contributed by atoms with E-state index in [1.54, 1.807) is 0 Å². The molecule has 44 heavy (non-hydrogen) atoms. The van der Waals surface area contributed by atoms with Gasteiger partial charge in [0.15, 0.2) is 0 Å². The maximum atomic E-state index is 12.9. The topological polar surface area (TPSA) is 76.7 Å². The van der Waals surface area contributed by atoms with Crippen LogP contribution in [0.5, 0.6) is 0 Å². The zero-order chi connectivity index (χ0) is 31.0. The van der Waals surface area contributed by atoms with Crippen LogP contribution in [0.15, 0.2) is 54.6 Å². The first kappa shape index (κ1) is 29.1. The maximum Gasteiger partial charge on any atom is 0.494 e. The Morgan fingerprint density at radius 1 is 0.932 bits per heavy atom. The number of rotatable bonds is 3. The average Bonchev–Trinajstić information content (AvgIpc) is 3.66. The van der Waals surface area contributed by atoms with Crippen molar-refractivity contribution in [2.24, 2.45) is 0 Å². The van der Waals surface area contributed by atoms with Crippen LogP contribution in [0.25, 0.3) is 33.3 Å². The number of ether oxygens (including phenoxy) is 1. The quantitative estimate of drug-likeness (QED) is 0.252. The molecule has 3 heterocycles. The Labute approximate surface area is 260 Å². The van der Waals surface area contributed by atoms with Gasteiger partial charge in [-0.1, -0.05) is 42.5 Å². The number of H-pyrrole nitrogens is 1. The molecule has 1 amide bonds. The minimum Gasteiger partial charge on any atom is -0.444 e. The molecule has 2 saturated heterocycles. The van der Waals surface area contributed by atoms with Crippen LogP contribution in [-0.2, 0) is 26.9 Å². The molecule has 0 unspecified atom stereocenters. The van der Waals surface area contributed by atoms with Crippen LogP contribution in [-0.4, -0.2) is 51.4 Å². The molecule has 7 nitrogen and oxygen atoms in total. The second-order valence-electron chi connectivity index (χ2n) is 14.6. The zero-order valence-electron chi connectivity index (χ0n) is 26.9. The number of carbonyl (C=O) groups is 1. The number of nitrogens with one attached hydrogen (secondary N) is 1. The van der Waals surface area contributed by atoms with Gasteiger partial charge in [0.2, 0.25) is 0 Å². The van der Waals surface area contributed by atoms with Gasteiger partial charge in [-0.05, 0) is 125 Å². The molecule has 1 atom stereocenters. The van der Waals surface area contributed by atoms with Crippen LogP contribution in [0.1, 0.15) is 84.3 Å². The zero-order valence-corrected chi connectivity index (χ0v) is 26.9. The lowest BCUT2D eigenvalue weighted by atomic mass is 9.75. The third kappa shape index (κ3) is 5.12. The molecular weight excluding hydrogens is 549 g/mol. The molecular formula is C36H42BN3O4. The predicted molar refractivity (Wildman–Crippen MR) is 175 cm³/mol. The second kappa shape index (κ2) is 10.2. The molecule has 2 fully saturated rings. The summed E-state index contributed by atoms with van der Waals surface area (Å²) in [7, 11) is -0.346. The summed E-state index contributed by atoms with van der Waals surface area (Å²) in [4.78, 5) is 23.1. The van der Waals surface area contributed by atoms with Crippen molar-refractivity contribution in [2.45, 2.75) is 97.0 Å². The number of imidazole rings is 1. The van der Waals surface area contributed by atoms with Crippen LogP contribution < -0.4 is 5.46 Å². The van der Waals surface area contributed by atoms with E-state index in [0.717, 1.165) is 53.6 Å². The van der Waals surface area contributed by atoms with Gasteiger partial charge in [0.25, 0.3) is 0 Å². The highest BCUT2D eigenvalue weighted by atomic mass is 16.7. The third-order valence-corrected chi connectivity index (χ3v) is 9.74. The van der Waals surface area contributed by atoms with Crippen molar-refractivity contribution in [3.05, 3.63) is 71.5 Å². The predicted octanol–water partition coefficient (Wildman–Crippen LogP) is 7.37. The van der Waals surface area contributed by atoms with Crippen LogP contribution in [0, 0.1) is 0 Å². The van der Waals surface area contributed by atoms with Crippen molar-refractivity contribution >= 4 is 29.7 Å². The Balaban J connectivity index is 1.13. The molecule has 8 heteroatoms. The molecule has 228 valence electrons. The summed E-state index contributed by atoms with van der Waals surface area (Å²) in [6.45, 7) is 14.8. The van der Waals surface area contributed by atoms with Gasteiger partial charge >= 0.3 is 13.2 Å². The largest absolute Gasteiger partial charge is 0.494 e. The molecule has 7 rings (SSSR count). The highest BCUT2D eigenvalue weighted by Gasteiger charge is 2.51. The van der Waals surface area contributed by atoms with Crippen LogP contribution >= 0.6 is 0 Å². The molecule has 3 aromatic carbocycles. The number of fused-ring (bicyclic) bond motifs is 4. The molecule has 0 bridgehead atoms. The molecule has 2 aliphatic heterocycles. The van der Waals surface area contributed by atoms with Crippen LogP contribution in [0.3, 0.4) is 0 Å². The Morgan fingerprint density at radius 3 is 2.27 bits per heavy atom. The molecule has 0 saturated carbocycles. The summed E-state index contributed by atoms with van der Waals surface area (Å²) in [5.41, 5.74) is 9.37. The summed E-state index contributed by atoms with van der Waals surface area (Å²) in [6, 6.07) is 19.8. The number of likely N-dealkylation sites (tertiary alicyclic amines) is 1. The van der Waals surface area contributed by atoms with E-state index in [1.165, 1.54) is 27.8 Å². The summed E-state index contributed by atoms with van der Waals surface area (Å²) in [5.74, 6) is 0.822. The number of nitrogens with zero attached hydrogens (tertiary/aromatic N) is 2. The lowest BCUT2D eigenvalue weighted by Crippen LogP contribution is -2.41. The van der Waals surface area contributed by atoms with E-state index in [9.17, 15) is 4.79 Å². The van der Waals surface area contributed by atoms with E-state index in [0.29, 0.717) is 6.54 Å². The van der Waals surface area contributed by atoms with Gasteiger partial charge in [0.05, 0.1) is 28.3 Å². The van der Waals surface area contributed by atoms with E-state index in [1.807, 2.05) is 25.7 Å². The third-order valence-electron chi connectivity index (χ3n) is 9.74. The standard InChI is InChI=1S/C36H42BN3O4/c1-34(2,3)42-33(41)40-18-8-9-31(40)32-38-29-17-13-23(21-30(29)39-32)22-12-15-27-24(19-22)10-11-25-20-26(14-16-28(25)27)37-43-35(4,5)36(6,7)44-37/h12-17,19-21,31H,8-11,18H2,1-7H3,(H,38,39)/t31-/m0/s1. The first-order valence-corrected chi connectivity index (χ1v) is 15.9. The Kier molecular flexibility index (Phi) is 6.76. The van der Waals surface area contributed by atoms with Gasteiger partial charge in [-0.25, -0.2) is 9.78 Å². The molecule has 1 N–H and O–H groups in total. The van der Waals surface area contributed by atoms with E-state index in [2.05, 4.69) is 87.3 Å². The van der Waals surface area contributed by atoms with Crippen LogP contribution in [0.2, 0.25) is 0 Å². The number of hydrogen-bond donors (Lipinski definition) is 1. The number of hydrogen-bond acceptors (Lipinski definition) is 5. The number of aromatic amines is 1. The fourth-order valence-corrected chi connectivity index (χ4v) is 6.68. The Morgan fingerprint density at radius 2 is 1.57 bits per heavy atom. The van der Waals surface area contributed by atoms with Crippen molar-refractivity contribution in [2.75, 3.05) is 6.54 Å². The lowest BCUT2D eigenvalue weighted by molar-refractivity contribution is 0.00578. The highest BCUT2D eigenvalue weighted by molar-refractivity contribution is 6.62. The number of aromatic nitrogens is 2. The lowest BCUT2D eigenvalue weighted by Gasteiger charge is -2.32. The SMILES string of the molecule is CC(C)(C)OC(=O)N1CCC[C@H]1c1nc2ccc(-c3ccc4c(c3)CCc3cc(B5OC(C)(C)C(C)(C)O5)ccc3-4)cc2[nH]1. The second-order valence-corrected chi connectivity index (χ2v) is 14.6. The Hall–Kier alpha value is -3.62. The van der Waals surface area contributed by atoms with Gasteiger partial charge in [-0.2, -0.15) is 0 Å². The van der Waals surface area contributed by atoms with E-state index >= 15 is 0 Å². The Bertz CT molecular complexity index is 1750. The minimum atomic E-state index is -0.527. The van der Waals surface area contributed by atoms with Crippen molar-refractivity contribution in [1.29, 1.82) is 0 Å². The van der Waals surface area contributed by atoms with Gasteiger partial charge < -0.3 is 19.0 Å². The maximum absolute atomic E-state index is 12.9. The number of carbonyl (C=O) groups excluding carboxylic acids is 1. The van der Waals surface area contributed by atoms with Crippen molar-refractivity contribution < 1.29 is 18.8 Å². The number of aryl methyl sites for hydroxylation is 2. The summed E-state index contributed by atoms with van der Waals surface area (Å²) in [5, 5.41) is 0. The van der Waals surface area contributed by atoms with Crippen molar-refractivity contribution in [3.8, 4) is 22.3 Å². The molecule has 0 radical (unpaired) electrons. The fourth-order valence-electron chi connectivity index (χ4n) is 6.68. The van der Waals surface area contributed by atoms with Gasteiger partial charge in [0, 0.05) is 6.54 Å². The molecule has 1 aromatic heterocycles. The van der Waals surface area contributed by atoms with E-state index in [4.69, 9.17) is 19.0 Å². The number of benzene rings is 3. The van der Waals surface area contributed by atoms with Crippen molar-refractivity contribution in [3.63, 3.8) is 0 Å².